The fourth-order valence-corrected chi connectivity index (χ4v) is 30.0. The van der Waals surface area contributed by atoms with E-state index in [2.05, 4.69) is 314 Å². The van der Waals surface area contributed by atoms with Crippen LogP contribution in [0, 0.1) is 0 Å². The van der Waals surface area contributed by atoms with Gasteiger partial charge in [-0.2, -0.15) is 0 Å². The summed E-state index contributed by atoms with van der Waals surface area (Å²) in [6.07, 6.45) is 1.84. The van der Waals surface area contributed by atoms with Gasteiger partial charge >= 0.3 is 456 Å². The summed E-state index contributed by atoms with van der Waals surface area (Å²) in [5.41, 5.74) is 23.8. The van der Waals surface area contributed by atoms with Crippen molar-refractivity contribution < 1.29 is 0 Å². The predicted molar refractivity (Wildman–Crippen MR) is 494 cm³/mol. The van der Waals surface area contributed by atoms with Crippen molar-refractivity contribution in [3.8, 4) is 85.7 Å². The van der Waals surface area contributed by atoms with Gasteiger partial charge in [-0.15, -0.1) is 0 Å². The summed E-state index contributed by atoms with van der Waals surface area (Å²) < 4.78 is 19.0. The van der Waals surface area contributed by atoms with Crippen molar-refractivity contribution >= 4 is 179 Å². The quantitative estimate of drug-likeness (QED) is 0.114. The molecule has 12 heterocycles. The second-order valence-corrected chi connectivity index (χ2v) is 40.5. The molecule has 0 spiro atoms. The molecule has 12 aromatic heterocycles. The number of hydrogen-bond acceptors (Lipinski definition) is 8. The van der Waals surface area contributed by atoms with E-state index in [1.165, 1.54) is 114 Å². The summed E-state index contributed by atoms with van der Waals surface area (Å²) in [5.74, 6) is 3.72. The molecular formula is C104H67N11Se4. The molecule has 562 valence electrons. The van der Waals surface area contributed by atoms with Gasteiger partial charge < -0.3 is 0 Å². The SMILES string of the molecule is CC1(C)c2ccccc2-c2c1c1c(n2-c2nc(-c3ccccn3)c3c(ccc4ccccc43)n2)-c2ccccc2C1(C)C.c1ccc(-c2ccc3ccc4ccc(-n5c6c7ccccc7[se]c6c6[se]c7ccccc7c65)nc4c3n2)cc1.c1ccc(-c2nc(-c3ccccc3)nc(-n3c4c5ccccc5[se]c4c4[se]c5ccccc5c43)n2)cc1. The van der Waals surface area contributed by atoms with Crippen LogP contribution in [-0.4, -0.2) is 112 Å². The Morgan fingerprint density at radius 3 is 1.21 bits per heavy atom. The van der Waals surface area contributed by atoms with Crippen LogP contribution in [0.4, 0.5) is 0 Å². The number of pyridine rings is 3. The molecule has 2 aliphatic rings. The Labute approximate surface area is 706 Å². The number of fused-ring (bicyclic) bond motifs is 27. The summed E-state index contributed by atoms with van der Waals surface area (Å²) in [7, 11) is 0. The topological polar surface area (TPSA) is 118 Å². The number of benzene rings is 12. The van der Waals surface area contributed by atoms with Crippen LogP contribution in [0.15, 0.2) is 334 Å². The molecule has 0 atom stereocenters. The standard InChI is InChI=1S/C39H30N4.C34H19N3Se2.C31H18N4Se2/c1-38(2)27-17-9-7-15-25(27)35-32(38)33-36(26-16-8-10-18-28(26)39(33,3)4)43(35)37-41-29-21-20-23-13-5-6-14-24(23)31(29)34(42-37)30-19-11-12-22-40-30;1-2-8-20(9-3-1)25-18-16-21-14-15-22-17-19-28(36-30(22)29(21)35-25)37-31-23-10-4-6-12-26(23)38-33(31)34-32(37)24-11-5-7-13-27(24)39-34;1-3-11-19(12-4-1)29-32-30(20-13-5-2-6-14-20)34-31(33-29)35-25-21-15-7-9-17-23(21)36-27(25)28-26(35)22-16-8-10-18-24(22)37-28/h5-22H,1-4H3;1-19H;1-18H. The molecule has 2 aliphatic carbocycles. The summed E-state index contributed by atoms with van der Waals surface area (Å²) in [6, 6.07) is 116. The maximum absolute atomic E-state index is 5.45. The Morgan fingerprint density at radius 2 is 0.697 bits per heavy atom. The first-order chi connectivity index (χ1) is 58.6. The van der Waals surface area contributed by atoms with Crippen molar-refractivity contribution in [1.82, 2.24) is 53.6 Å². The van der Waals surface area contributed by atoms with Crippen LogP contribution < -0.4 is 0 Å². The summed E-state index contributed by atoms with van der Waals surface area (Å²) in [6.45, 7) is 9.48. The van der Waals surface area contributed by atoms with Crippen molar-refractivity contribution in [3.63, 3.8) is 0 Å². The Kier molecular flexibility index (Phi) is 16.2. The first kappa shape index (κ1) is 70.4. The summed E-state index contributed by atoms with van der Waals surface area (Å²) in [5, 5.41) is 10.9. The number of nitrogens with zero attached hydrogens (tertiary/aromatic N) is 11. The summed E-state index contributed by atoms with van der Waals surface area (Å²) >= 11 is 1.15. The molecule has 0 unspecified atom stereocenters. The first-order valence-electron chi connectivity index (χ1n) is 40.0. The number of aromatic nitrogens is 11. The minimum atomic E-state index is -0.169. The van der Waals surface area contributed by atoms with Gasteiger partial charge in [0.05, 0.1) is 22.6 Å². The first-order valence-corrected chi connectivity index (χ1v) is 46.8. The van der Waals surface area contributed by atoms with Crippen LogP contribution in [0.25, 0.3) is 207 Å². The van der Waals surface area contributed by atoms with Crippen LogP contribution in [0.1, 0.15) is 49.9 Å². The van der Waals surface area contributed by atoms with Gasteiger partial charge in [-0.05, 0) is 51.2 Å². The van der Waals surface area contributed by atoms with Crippen LogP contribution in [0.3, 0.4) is 0 Å². The van der Waals surface area contributed by atoms with Gasteiger partial charge in [0.25, 0.3) is 0 Å². The Bertz CT molecular complexity index is 8000. The second-order valence-electron chi connectivity index (χ2n) is 31.6. The molecule has 15 heteroatoms. The van der Waals surface area contributed by atoms with Crippen LogP contribution in [-0.2, 0) is 10.8 Å². The van der Waals surface area contributed by atoms with E-state index in [4.69, 9.17) is 39.9 Å². The molecule has 0 saturated carbocycles. The van der Waals surface area contributed by atoms with E-state index in [1.54, 1.807) is 8.52 Å². The van der Waals surface area contributed by atoms with Crippen molar-refractivity contribution in [2.75, 3.05) is 0 Å². The molecule has 119 heavy (non-hydrogen) atoms. The van der Waals surface area contributed by atoms with Crippen LogP contribution in [0.2, 0.25) is 0 Å². The van der Waals surface area contributed by atoms with Crippen molar-refractivity contribution in [2.24, 2.45) is 0 Å². The third-order valence-corrected chi connectivity index (χ3v) is 35.3. The third-order valence-electron chi connectivity index (χ3n) is 24.1. The molecule has 24 aromatic rings. The van der Waals surface area contributed by atoms with E-state index < -0.39 is 0 Å². The van der Waals surface area contributed by atoms with Crippen LogP contribution in [0.5, 0.6) is 0 Å². The van der Waals surface area contributed by atoms with Gasteiger partial charge in [0, 0.05) is 33.5 Å². The molecule has 11 nitrogen and oxygen atoms in total. The van der Waals surface area contributed by atoms with Crippen molar-refractivity contribution in [3.05, 3.63) is 356 Å². The summed E-state index contributed by atoms with van der Waals surface area (Å²) in [4.78, 5) is 41.3. The minimum absolute atomic E-state index is 0.169. The Balaban J connectivity index is 0.000000102. The van der Waals surface area contributed by atoms with Gasteiger partial charge in [-0.3, -0.25) is 9.55 Å². The Hall–Kier alpha value is -12.9. The predicted octanol–water partition coefficient (Wildman–Crippen LogP) is 23.9. The van der Waals surface area contributed by atoms with Crippen LogP contribution >= 0.6 is 0 Å². The van der Waals surface area contributed by atoms with Crippen molar-refractivity contribution in [2.45, 2.75) is 38.5 Å². The zero-order valence-electron chi connectivity index (χ0n) is 64.8. The average Bonchev–Trinajstić information content (AvgIpc) is 1.50. The van der Waals surface area contributed by atoms with Gasteiger partial charge in [0.1, 0.15) is 5.69 Å². The molecule has 0 bridgehead atoms. The van der Waals surface area contributed by atoms with E-state index in [0.29, 0.717) is 52.6 Å². The average molecular weight is 1790 g/mol. The fourth-order valence-electron chi connectivity index (χ4n) is 18.7. The molecule has 0 aliphatic heterocycles. The maximum atomic E-state index is 5.45. The van der Waals surface area contributed by atoms with Gasteiger partial charge in [-0.25, -0.2) is 9.97 Å². The molecule has 0 N–H and O–H groups in total. The normalized spacial score (nSPS) is 13.2. The molecule has 12 aromatic carbocycles. The zero-order valence-corrected chi connectivity index (χ0v) is 71.7. The Morgan fingerprint density at radius 1 is 0.286 bits per heavy atom. The van der Waals surface area contributed by atoms with Gasteiger partial charge in [-0.1, -0.05) is 119 Å². The fraction of sp³-hybridized carbons (Fsp3) is 0.0577. The number of rotatable bonds is 7. The second kappa shape index (κ2) is 27.4. The van der Waals surface area contributed by atoms with Crippen molar-refractivity contribution in [1.29, 1.82) is 0 Å². The van der Waals surface area contributed by atoms with Gasteiger partial charge in [0.2, 0.25) is 5.95 Å². The third kappa shape index (κ3) is 10.9. The van der Waals surface area contributed by atoms with E-state index in [9.17, 15) is 0 Å². The molecule has 0 radical (unpaired) electrons. The zero-order chi connectivity index (χ0) is 78.9. The monoisotopic (exact) mass is 1790 g/mol. The van der Waals surface area contributed by atoms with Gasteiger partial charge in [0.15, 0.2) is 0 Å². The van der Waals surface area contributed by atoms with E-state index in [0.717, 1.165) is 83.1 Å². The van der Waals surface area contributed by atoms with E-state index in [-0.39, 0.29) is 39.8 Å². The molecule has 26 rings (SSSR count). The molecular weight excluding hydrogens is 1720 g/mol. The van der Waals surface area contributed by atoms with E-state index in [1.807, 2.05) is 60.8 Å². The van der Waals surface area contributed by atoms with E-state index >= 15 is 0 Å². The molecule has 0 fully saturated rings. The molecule has 0 amide bonds. The molecule has 0 saturated heterocycles. The number of hydrogen-bond donors (Lipinski definition) is 0.